The zero-order valence-electron chi connectivity index (χ0n) is 16.6. The molecule has 0 aliphatic carbocycles. The Labute approximate surface area is 183 Å². The van der Waals surface area contributed by atoms with Gasteiger partial charge in [0, 0.05) is 16.4 Å². The SMILES string of the molecule is COc1c(C(=O)Nc2ccccc2)oc2ccc(NC(=O)Cc3cccc(Cl)c3)cc12. The summed E-state index contributed by atoms with van der Waals surface area (Å²) >= 11 is 5.98. The molecule has 0 spiro atoms. The smallest absolute Gasteiger partial charge is 0.295 e. The highest BCUT2D eigenvalue weighted by Crippen LogP contribution is 2.35. The second-order valence-corrected chi connectivity index (χ2v) is 7.29. The molecule has 2 amide bonds. The van der Waals surface area contributed by atoms with E-state index in [0.717, 1.165) is 5.56 Å². The minimum Gasteiger partial charge on any atom is -0.492 e. The molecule has 0 bridgehead atoms. The number of para-hydroxylation sites is 1. The van der Waals surface area contributed by atoms with Crippen LogP contribution in [0.5, 0.6) is 5.75 Å². The molecule has 0 fully saturated rings. The van der Waals surface area contributed by atoms with Crippen molar-refractivity contribution in [2.75, 3.05) is 17.7 Å². The molecule has 156 valence electrons. The van der Waals surface area contributed by atoms with Gasteiger partial charge in [0.25, 0.3) is 5.91 Å². The third-order valence-electron chi connectivity index (χ3n) is 4.62. The monoisotopic (exact) mass is 434 g/mol. The fourth-order valence-electron chi connectivity index (χ4n) is 3.25. The first-order valence-electron chi connectivity index (χ1n) is 9.55. The Morgan fingerprint density at radius 2 is 1.74 bits per heavy atom. The van der Waals surface area contributed by atoms with Crippen LogP contribution in [-0.4, -0.2) is 18.9 Å². The lowest BCUT2D eigenvalue weighted by molar-refractivity contribution is -0.115. The van der Waals surface area contributed by atoms with Crippen LogP contribution in [0.4, 0.5) is 11.4 Å². The number of ether oxygens (including phenoxy) is 1. The molecule has 4 rings (SSSR count). The Morgan fingerprint density at radius 3 is 2.48 bits per heavy atom. The van der Waals surface area contributed by atoms with Crippen molar-refractivity contribution in [2.45, 2.75) is 6.42 Å². The Hall–Kier alpha value is -3.77. The number of amides is 2. The average Bonchev–Trinajstić information content (AvgIpc) is 3.12. The number of anilines is 2. The zero-order chi connectivity index (χ0) is 21.8. The number of hydrogen-bond donors (Lipinski definition) is 2. The third-order valence-corrected chi connectivity index (χ3v) is 4.86. The van der Waals surface area contributed by atoms with E-state index in [0.29, 0.717) is 33.1 Å². The highest BCUT2D eigenvalue weighted by atomic mass is 35.5. The molecule has 0 saturated carbocycles. The maximum absolute atomic E-state index is 12.7. The van der Waals surface area contributed by atoms with Crippen molar-refractivity contribution in [3.05, 3.63) is 89.1 Å². The molecule has 0 atom stereocenters. The first-order chi connectivity index (χ1) is 15.0. The minimum atomic E-state index is -0.425. The number of hydrogen-bond acceptors (Lipinski definition) is 4. The summed E-state index contributed by atoms with van der Waals surface area (Å²) in [6, 6.07) is 21.3. The number of benzene rings is 3. The number of carbonyl (C=O) groups is 2. The normalized spacial score (nSPS) is 10.6. The van der Waals surface area contributed by atoms with Crippen LogP contribution in [0.2, 0.25) is 5.02 Å². The first kappa shape index (κ1) is 20.5. The molecule has 1 aromatic heterocycles. The van der Waals surface area contributed by atoms with Gasteiger partial charge < -0.3 is 19.8 Å². The van der Waals surface area contributed by atoms with Gasteiger partial charge in [-0.2, -0.15) is 0 Å². The number of halogens is 1. The van der Waals surface area contributed by atoms with Crippen molar-refractivity contribution in [1.82, 2.24) is 0 Å². The predicted molar refractivity (Wildman–Crippen MR) is 121 cm³/mol. The maximum Gasteiger partial charge on any atom is 0.295 e. The topological polar surface area (TPSA) is 80.6 Å². The van der Waals surface area contributed by atoms with Crippen molar-refractivity contribution in [2.24, 2.45) is 0 Å². The lowest BCUT2D eigenvalue weighted by Gasteiger charge is -2.06. The van der Waals surface area contributed by atoms with Gasteiger partial charge in [0.15, 0.2) is 5.75 Å². The molecule has 2 N–H and O–H groups in total. The molecular weight excluding hydrogens is 416 g/mol. The van der Waals surface area contributed by atoms with E-state index >= 15 is 0 Å². The van der Waals surface area contributed by atoms with Crippen molar-refractivity contribution in [1.29, 1.82) is 0 Å². The Balaban J connectivity index is 1.55. The van der Waals surface area contributed by atoms with Crippen LogP contribution in [0, 0.1) is 0 Å². The summed E-state index contributed by atoms with van der Waals surface area (Å²) in [5, 5.41) is 6.80. The number of furan rings is 1. The van der Waals surface area contributed by atoms with E-state index in [9.17, 15) is 9.59 Å². The van der Waals surface area contributed by atoms with Gasteiger partial charge in [-0.25, -0.2) is 0 Å². The van der Waals surface area contributed by atoms with Crippen molar-refractivity contribution in [3.8, 4) is 5.75 Å². The molecular formula is C24H19ClN2O4. The molecule has 6 nitrogen and oxygen atoms in total. The van der Waals surface area contributed by atoms with E-state index in [1.54, 1.807) is 48.5 Å². The summed E-state index contributed by atoms with van der Waals surface area (Å²) in [7, 11) is 1.47. The number of rotatable bonds is 6. The van der Waals surface area contributed by atoms with Crippen molar-refractivity contribution < 1.29 is 18.7 Å². The van der Waals surface area contributed by atoms with E-state index in [1.807, 2.05) is 24.3 Å². The molecule has 3 aromatic carbocycles. The van der Waals surface area contributed by atoms with Crippen LogP contribution in [0.25, 0.3) is 11.0 Å². The van der Waals surface area contributed by atoms with E-state index in [1.165, 1.54) is 7.11 Å². The fraction of sp³-hybridized carbons (Fsp3) is 0.0833. The van der Waals surface area contributed by atoms with Crippen molar-refractivity contribution >= 4 is 45.8 Å². The van der Waals surface area contributed by atoms with E-state index < -0.39 is 5.91 Å². The summed E-state index contributed by atoms with van der Waals surface area (Å²) < 4.78 is 11.2. The Kier molecular flexibility index (Phi) is 5.91. The second-order valence-electron chi connectivity index (χ2n) is 6.85. The third kappa shape index (κ3) is 4.70. The molecule has 0 unspecified atom stereocenters. The number of carbonyl (C=O) groups excluding carboxylic acids is 2. The highest BCUT2D eigenvalue weighted by Gasteiger charge is 2.22. The molecule has 4 aromatic rings. The predicted octanol–water partition coefficient (Wildman–Crippen LogP) is 5.53. The summed E-state index contributed by atoms with van der Waals surface area (Å²) in [6.45, 7) is 0. The molecule has 0 radical (unpaired) electrons. The van der Waals surface area contributed by atoms with Crippen molar-refractivity contribution in [3.63, 3.8) is 0 Å². The van der Waals surface area contributed by atoms with E-state index in [2.05, 4.69) is 10.6 Å². The first-order valence-corrected chi connectivity index (χ1v) is 9.92. The van der Waals surface area contributed by atoms with Gasteiger partial charge in [-0.05, 0) is 48.0 Å². The summed E-state index contributed by atoms with van der Waals surface area (Å²) in [5.41, 5.74) is 2.49. The van der Waals surface area contributed by atoms with Crippen LogP contribution < -0.4 is 15.4 Å². The fourth-order valence-corrected chi connectivity index (χ4v) is 3.46. The lowest BCUT2D eigenvalue weighted by Crippen LogP contribution is -2.14. The zero-order valence-corrected chi connectivity index (χ0v) is 17.4. The van der Waals surface area contributed by atoms with Gasteiger partial charge in [0.2, 0.25) is 11.7 Å². The maximum atomic E-state index is 12.7. The van der Waals surface area contributed by atoms with Crippen LogP contribution in [0.1, 0.15) is 16.1 Å². The molecule has 31 heavy (non-hydrogen) atoms. The van der Waals surface area contributed by atoms with Gasteiger partial charge in [0.1, 0.15) is 5.58 Å². The Bertz CT molecular complexity index is 1250. The van der Waals surface area contributed by atoms with Gasteiger partial charge in [-0.1, -0.05) is 41.9 Å². The Morgan fingerprint density at radius 1 is 0.935 bits per heavy atom. The van der Waals surface area contributed by atoms with Gasteiger partial charge in [-0.15, -0.1) is 0 Å². The lowest BCUT2D eigenvalue weighted by atomic mass is 10.1. The molecule has 1 heterocycles. The van der Waals surface area contributed by atoms with Gasteiger partial charge >= 0.3 is 0 Å². The molecule has 0 aliphatic heterocycles. The number of nitrogens with one attached hydrogen (secondary N) is 2. The molecule has 0 aliphatic rings. The van der Waals surface area contributed by atoms with E-state index in [-0.39, 0.29) is 18.1 Å². The van der Waals surface area contributed by atoms with Crippen LogP contribution in [0.3, 0.4) is 0 Å². The largest absolute Gasteiger partial charge is 0.492 e. The molecule has 7 heteroatoms. The minimum absolute atomic E-state index is 0.0590. The highest BCUT2D eigenvalue weighted by molar-refractivity contribution is 6.30. The molecule has 0 saturated heterocycles. The van der Waals surface area contributed by atoms with Crippen LogP contribution in [0.15, 0.2) is 77.2 Å². The van der Waals surface area contributed by atoms with Crippen LogP contribution >= 0.6 is 11.6 Å². The summed E-state index contributed by atoms with van der Waals surface area (Å²) in [4.78, 5) is 25.1. The average molecular weight is 435 g/mol. The number of fused-ring (bicyclic) bond motifs is 1. The summed E-state index contributed by atoms with van der Waals surface area (Å²) in [6.07, 6.45) is 0.186. The standard InChI is InChI=1S/C24H19ClN2O4/c1-30-22-19-14-18(26-21(28)13-15-6-5-7-16(25)12-15)10-11-20(19)31-23(22)24(29)27-17-8-3-2-4-9-17/h2-12,14H,13H2,1H3,(H,26,28)(H,27,29). The second kappa shape index (κ2) is 8.93. The summed E-state index contributed by atoms with van der Waals surface area (Å²) in [5.74, 6) is -0.255. The van der Waals surface area contributed by atoms with Gasteiger partial charge in [-0.3, -0.25) is 9.59 Å². The van der Waals surface area contributed by atoms with Crippen LogP contribution in [-0.2, 0) is 11.2 Å². The quantitative estimate of drug-likeness (QED) is 0.418. The van der Waals surface area contributed by atoms with E-state index in [4.69, 9.17) is 20.8 Å². The number of methoxy groups -OCH3 is 1. The van der Waals surface area contributed by atoms with Gasteiger partial charge in [0.05, 0.1) is 18.9 Å².